The van der Waals surface area contributed by atoms with Gasteiger partial charge in [-0.15, -0.1) is 0 Å². The number of ether oxygens (including phenoxy) is 1. The normalized spacial score (nSPS) is 26.0. The Bertz CT molecular complexity index is 380. The topological polar surface area (TPSA) is 32.7 Å². The molecule has 0 bridgehead atoms. The van der Waals surface area contributed by atoms with E-state index in [0.29, 0.717) is 5.75 Å². The van der Waals surface area contributed by atoms with Crippen molar-refractivity contribution in [3.63, 3.8) is 0 Å². The van der Waals surface area contributed by atoms with Crippen molar-refractivity contribution in [3.05, 3.63) is 29.8 Å². The van der Waals surface area contributed by atoms with Crippen LogP contribution in [0, 0.1) is 0 Å². The van der Waals surface area contributed by atoms with Crippen molar-refractivity contribution in [2.24, 2.45) is 0 Å². The zero-order valence-corrected chi connectivity index (χ0v) is 10.6. The summed E-state index contributed by atoms with van der Waals surface area (Å²) in [5, 5.41) is 9.45. The molecule has 17 heavy (non-hydrogen) atoms. The number of piperidine rings is 1. The maximum Gasteiger partial charge on any atom is 0.115 e. The molecule has 1 aliphatic heterocycles. The third-order valence-corrected chi connectivity index (χ3v) is 3.55. The van der Waals surface area contributed by atoms with Crippen molar-refractivity contribution in [3.8, 4) is 5.75 Å². The zero-order chi connectivity index (χ0) is 12.3. The van der Waals surface area contributed by atoms with Gasteiger partial charge in [0.25, 0.3) is 0 Å². The lowest BCUT2D eigenvalue weighted by atomic mass is 9.94. The van der Waals surface area contributed by atoms with Gasteiger partial charge < -0.3 is 9.84 Å². The van der Waals surface area contributed by atoms with Gasteiger partial charge in [-0.3, -0.25) is 4.90 Å². The third-order valence-electron chi connectivity index (χ3n) is 3.55. The Hall–Kier alpha value is -1.06. The molecule has 1 heterocycles. The lowest BCUT2D eigenvalue weighted by Gasteiger charge is -2.39. The number of phenols is 1. The number of hydrogen-bond donors (Lipinski definition) is 1. The Morgan fingerprint density at radius 2 is 2.29 bits per heavy atom. The van der Waals surface area contributed by atoms with Crippen LogP contribution in [0.5, 0.6) is 5.75 Å². The summed E-state index contributed by atoms with van der Waals surface area (Å²) in [7, 11) is 1.79. The fraction of sp³-hybridized carbons (Fsp3) is 0.571. The molecule has 0 saturated carbocycles. The SMILES string of the molecule is COC1(C)CCCN(Cc2cccc(O)c2)C1. The molecule has 1 N–H and O–H groups in total. The van der Waals surface area contributed by atoms with E-state index in [-0.39, 0.29) is 5.60 Å². The smallest absolute Gasteiger partial charge is 0.115 e. The maximum atomic E-state index is 9.45. The molecule has 1 aromatic rings. The molecule has 0 spiro atoms. The second-order valence-corrected chi connectivity index (χ2v) is 5.14. The summed E-state index contributed by atoms with van der Waals surface area (Å²) < 4.78 is 5.58. The van der Waals surface area contributed by atoms with Gasteiger partial charge in [0.15, 0.2) is 0 Å². The Morgan fingerprint density at radius 1 is 1.47 bits per heavy atom. The van der Waals surface area contributed by atoms with Gasteiger partial charge in [0, 0.05) is 20.2 Å². The Kier molecular flexibility index (Phi) is 3.69. The molecule has 1 atom stereocenters. The van der Waals surface area contributed by atoms with Crippen LogP contribution >= 0.6 is 0 Å². The van der Waals surface area contributed by atoms with E-state index in [9.17, 15) is 5.11 Å². The van der Waals surface area contributed by atoms with E-state index < -0.39 is 0 Å². The molecule has 0 amide bonds. The first-order valence-corrected chi connectivity index (χ1v) is 6.17. The highest BCUT2D eigenvalue weighted by molar-refractivity contribution is 5.27. The Morgan fingerprint density at radius 3 is 3.00 bits per heavy atom. The number of aromatic hydroxyl groups is 1. The molecule has 1 aliphatic rings. The van der Waals surface area contributed by atoms with Crippen molar-refractivity contribution in [1.82, 2.24) is 4.90 Å². The lowest BCUT2D eigenvalue weighted by molar-refractivity contribution is -0.0527. The molecule has 3 nitrogen and oxygen atoms in total. The molecule has 2 rings (SSSR count). The van der Waals surface area contributed by atoms with E-state index in [0.717, 1.165) is 31.6 Å². The van der Waals surface area contributed by atoms with E-state index in [1.807, 2.05) is 12.1 Å². The molecular formula is C14H21NO2. The van der Waals surface area contributed by atoms with Gasteiger partial charge in [-0.05, 0) is 44.0 Å². The molecular weight excluding hydrogens is 214 g/mol. The highest BCUT2D eigenvalue weighted by Gasteiger charge is 2.30. The lowest BCUT2D eigenvalue weighted by Crippen LogP contribution is -2.46. The largest absolute Gasteiger partial charge is 0.508 e. The summed E-state index contributed by atoms with van der Waals surface area (Å²) in [5.41, 5.74) is 1.14. The number of benzene rings is 1. The van der Waals surface area contributed by atoms with E-state index in [2.05, 4.69) is 17.9 Å². The molecule has 1 saturated heterocycles. The van der Waals surface area contributed by atoms with E-state index in [1.54, 1.807) is 13.2 Å². The summed E-state index contributed by atoms with van der Waals surface area (Å²) in [5.74, 6) is 0.342. The van der Waals surface area contributed by atoms with Crippen LogP contribution in [0.15, 0.2) is 24.3 Å². The maximum absolute atomic E-state index is 9.45. The van der Waals surface area contributed by atoms with E-state index in [4.69, 9.17) is 4.74 Å². The zero-order valence-electron chi connectivity index (χ0n) is 10.6. The van der Waals surface area contributed by atoms with Crippen LogP contribution in [0.4, 0.5) is 0 Å². The second-order valence-electron chi connectivity index (χ2n) is 5.14. The van der Waals surface area contributed by atoms with Crippen molar-refractivity contribution < 1.29 is 9.84 Å². The van der Waals surface area contributed by atoms with Gasteiger partial charge in [-0.25, -0.2) is 0 Å². The molecule has 0 aromatic heterocycles. The minimum atomic E-state index is -0.0188. The first kappa shape index (κ1) is 12.4. The van der Waals surface area contributed by atoms with Crippen LogP contribution in [-0.4, -0.2) is 35.8 Å². The summed E-state index contributed by atoms with van der Waals surface area (Å²) in [6, 6.07) is 7.49. The predicted octanol–water partition coefficient (Wildman–Crippen LogP) is 2.39. The Labute approximate surface area is 103 Å². The number of hydrogen-bond acceptors (Lipinski definition) is 3. The number of likely N-dealkylation sites (tertiary alicyclic amines) is 1. The van der Waals surface area contributed by atoms with Crippen LogP contribution in [-0.2, 0) is 11.3 Å². The van der Waals surface area contributed by atoms with E-state index >= 15 is 0 Å². The number of rotatable bonds is 3. The number of phenolic OH excluding ortho intramolecular Hbond substituents is 1. The van der Waals surface area contributed by atoms with Crippen LogP contribution < -0.4 is 0 Å². The van der Waals surface area contributed by atoms with Crippen molar-refractivity contribution in [2.45, 2.75) is 31.9 Å². The minimum absolute atomic E-state index is 0.0188. The summed E-state index contributed by atoms with van der Waals surface area (Å²) in [6.45, 7) is 5.11. The average molecular weight is 235 g/mol. The van der Waals surface area contributed by atoms with E-state index in [1.165, 1.54) is 6.42 Å². The molecule has 94 valence electrons. The quantitative estimate of drug-likeness (QED) is 0.873. The fourth-order valence-corrected chi connectivity index (χ4v) is 2.52. The minimum Gasteiger partial charge on any atom is -0.508 e. The molecule has 3 heteroatoms. The van der Waals surface area contributed by atoms with Crippen molar-refractivity contribution in [1.29, 1.82) is 0 Å². The fourth-order valence-electron chi connectivity index (χ4n) is 2.52. The number of nitrogens with zero attached hydrogens (tertiary/aromatic N) is 1. The molecule has 1 fully saturated rings. The van der Waals surface area contributed by atoms with Gasteiger partial charge in [0.2, 0.25) is 0 Å². The molecule has 1 aromatic carbocycles. The van der Waals surface area contributed by atoms with Crippen LogP contribution in [0.3, 0.4) is 0 Å². The summed E-state index contributed by atoms with van der Waals surface area (Å²) >= 11 is 0. The monoisotopic (exact) mass is 235 g/mol. The predicted molar refractivity (Wildman–Crippen MR) is 68.0 cm³/mol. The average Bonchev–Trinajstić information content (AvgIpc) is 2.29. The highest BCUT2D eigenvalue weighted by Crippen LogP contribution is 2.25. The van der Waals surface area contributed by atoms with Gasteiger partial charge in [-0.2, -0.15) is 0 Å². The molecule has 0 aliphatic carbocycles. The van der Waals surface area contributed by atoms with Gasteiger partial charge in [0.1, 0.15) is 5.75 Å². The second kappa shape index (κ2) is 5.07. The van der Waals surface area contributed by atoms with Crippen molar-refractivity contribution in [2.75, 3.05) is 20.2 Å². The standard InChI is InChI=1S/C14H21NO2/c1-14(17-2)7-4-8-15(11-14)10-12-5-3-6-13(16)9-12/h3,5-6,9,16H,4,7-8,10-11H2,1-2H3. The van der Waals surface area contributed by atoms with Crippen LogP contribution in [0.25, 0.3) is 0 Å². The van der Waals surface area contributed by atoms with Crippen LogP contribution in [0.1, 0.15) is 25.3 Å². The van der Waals surface area contributed by atoms with Crippen molar-refractivity contribution >= 4 is 0 Å². The first-order valence-electron chi connectivity index (χ1n) is 6.17. The molecule has 1 unspecified atom stereocenters. The number of methoxy groups -OCH3 is 1. The van der Waals surface area contributed by atoms with Gasteiger partial charge in [-0.1, -0.05) is 12.1 Å². The highest BCUT2D eigenvalue weighted by atomic mass is 16.5. The summed E-state index contributed by atoms with van der Waals surface area (Å²) in [4.78, 5) is 2.39. The Balaban J connectivity index is 1.99. The molecule has 0 radical (unpaired) electrons. The van der Waals surface area contributed by atoms with Gasteiger partial charge in [0.05, 0.1) is 5.60 Å². The van der Waals surface area contributed by atoms with Gasteiger partial charge >= 0.3 is 0 Å². The van der Waals surface area contributed by atoms with Crippen LogP contribution in [0.2, 0.25) is 0 Å². The third kappa shape index (κ3) is 3.20. The first-order chi connectivity index (χ1) is 8.11. The summed E-state index contributed by atoms with van der Waals surface area (Å²) in [6.07, 6.45) is 2.29.